The maximum absolute atomic E-state index is 13.5. The second-order valence-electron chi connectivity index (χ2n) is 36.3. The lowest BCUT2D eigenvalue weighted by molar-refractivity contribution is -0.121. The summed E-state index contributed by atoms with van der Waals surface area (Å²) in [5.74, 6) is -1.23. The number of nitrogens with one attached hydrogen (secondary N) is 4. The highest BCUT2D eigenvalue weighted by atomic mass is 16.2. The van der Waals surface area contributed by atoms with Gasteiger partial charge in [0.25, 0.3) is 0 Å². The summed E-state index contributed by atoms with van der Waals surface area (Å²) in [5, 5.41) is 31.5. The van der Waals surface area contributed by atoms with Crippen LogP contribution in [0.1, 0.15) is 203 Å². The second kappa shape index (κ2) is 39.8. The van der Waals surface area contributed by atoms with Crippen molar-refractivity contribution < 1.29 is 38.4 Å². The molecule has 4 amide bonds. The second-order valence-corrected chi connectivity index (χ2v) is 36.3. The van der Waals surface area contributed by atoms with Crippen molar-refractivity contribution in [3.8, 4) is 22.7 Å². The molecule has 12 aromatic carbocycles. The van der Waals surface area contributed by atoms with Crippen LogP contribution in [0.2, 0.25) is 0 Å². The maximum Gasteiger partial charge on any atom is 0.230 e. The van der Waals surface area contributed by atoms with E-state index in [1.807, 2.05) is 301 Å². The highest BCUT2D eigenvalue weighted by Gasteiger charge is 2.47. The number of benzene rings is 12. The van der Waals surface area contributed by atoms with E-state index in [2.05, 4.69) is 118 Å². The SMILES string of the molecule is Cc1ccc([C@@H]2c3c(C)nn(-c4ccccc4)c3NC(=O)[C@@H]2CC(=O)c2cccc(C)c2)cc1.Cc1ccc([C@@H]2c3c(C)nn(-c4ccccc4)c3NC(=O)[C@H]2CC(=O)c2cccc(C)c2)cc1.Cc1ccc([C@H]2c3c(C)nn(-c4ccccc4)c3NC(=O)[C@@H]2CC(=O)c2cccc(C)c2)cc1.Cc1ccc([C@H]2c3c(C)nn(-c4ccccc4)c3NC(=O)[C@H]2CC(=O)c2cccc(C)c2)cc1. The quantitative estimate of drug-likeness (QED) is 0.0520. The fourth-order valence-electron chi connectivity index (χ4n) is 19.5. The number of hydrogen-bond donors (Lipinski definition) is 4. The molecule has 20 nitrogen and oxygen atoms in total. The fourth-order valence-corrected chi connectivity index (χ4v) is 19.5. The number of carbonyl (C=O) groups is 8. The van der Waals surface area contributed by atoms with E-state index in [-0.39, 0.29) is 96.1 Å². The van der Waals surface area contributed by atoms with Crippen LogP contribution in [0.15, 0.2) is 315 Å². The molecule has 0 unspecified atom stereocenters. The van der Waals surface area contributed by atoms with Gasteiger partial charge in [-0.2, -0.15) is 20.4 Å². The van der Waals surface area contributed by atoms with Crippen molar-refractivity contribution in [2.24, 2.45) is 23.7 Å². The van der Waals surface area contributed by atoms with Gasteiger partial charge in [-0.3, -0.25) is 38.4 Å². The van der Waals surface area contributed by atoms with Crippen molar-refractivity contribution in [2.45, 2.75) is 132 Å². The molecule has 0 aliphatic carbocycles. The van der Waals surface area contributed by atoms with Crippen LogP contribution in [0.4, 0.5) is 23.3 Å². The Morgan fingerprint density at radius 3 is 0.588 bits per heavy atom. The first-order valence-electron chi connectivity index (χ1n) is 46.2. The Labute approximate surface area is 792 Å². The van der Waals surface area contributed by atoms with Gasteiger partial charge in [0.1, 0.15) is 23.3 Å². The third-order valence-corrected chi connectivity index (χ3v) is 26.3. The van der Waals surface area contributed by atoms with Crippen LogP contribution in [0, 0.1) is 107 Å². The third kappa shape index (κ3) is 19.5. The Bertz CT molecular complexity index is 6340. The molecule has 8 heterocycles. The van der Waals surface area contributed by atoms with Gasteiger partial charge in [0.05, 0.1) is 69.2 Å². The van der Waals surface area contributed by atoms with Crippen molar-refractivity contribution >= 4 is 70.0 Å². The number of aromatic nitrogens is 8. The third-order valence-electron chi connectivity index (χ3n) is 26.3. The molecule has 4 N–H and O–H groups in total. The number of nitrogens with zero attached hydrogens (tertiary/aromatic N) is 8. The number of hydrogen-bond acceptors (Lipinski definition) is 12. The van der Waals surface area contributed by atoms with E-state index in [0.29, 0.717) is 45.5 Å². The molecule has 20 heteroatoms. The van der Waals surface area contributed by atoms with Crippen molar-refractivity contribution in [2.75, 3.05) is 21.3 Å². The smallest absolute Gasteiger partial charge is 0.230 e. The number of rotatable bonds is 20. The minimum atomic E-state index is -0.532. The van der Waals surface area contributed by atoms with Crippen LogP contribution in [0.5, 0.6) is 0 Å². The minimum Gasteiger partial charge on any atom is -0.310 e. The zero-order valence-corrected chi connectivity index (χ0v) is 78.3. The van der Waals surface area contributed by atoms with Gasteiger partial charge in [0, 0.05) is 93.9 Å². The number of anilines is 4. The first kappa shape index (κ1) is 91.9. The number of aryl methyl sites for hydroxylation is 12. The lowest BCUT2D eigenvalue weighted by atomic mass is 9.75. The van der Waals surface area contributed by atoms with Crippen molar-refractivity contribution in [3.05, 3.63) is 449 Å². The van der Waals surface area contributed by atoms with Crippen molar-refractivity contribution in [1.29, 1.82) is 0 Å². The van der Waals surface area contributed by atoms with E-state index in [1.54, 1.807) is 18.7 Å². The highest BCUT2D eigenvalue weighted by molar-refractivity contribution is 6.07. The molecule has 4 aliphatic heterocycles. The zero-order valence-electron chi connectivity index (χ0n) is 78.3. The van der Waals surface area contributed by atoms with Gasteiger partial charge < -0.3 is 21.3 Å². The largest absolute Gasteiger partial charge is 0.310 e. The summed E-state index contributed by atoms with van der Waals surface area (Å²) < 4.78 is 7.18. The van der Waals surface area contributed by atoms with E-state index in [4.69, 9.17) is 20.4 Å². The van der Waals surface area contributed by atoms with E-state index in [0.717, 1.165) is 135 Å². The number of para-hydroxylation sites is 4. The normalized spacial score (nSPS) is 17.2. The summed E-state index contributed by atoms with van der Waals surface area (Å²) in [7, 11) is 0. The number of Topliss-reactive ketones (excluding diaryl/α,β-unsaturated/α-hetero) is 4. The Kier molecular flexibility index (Phi) is 26.9. The average Bonchev–Trinajstić information content (AvgIpc) is 1.58. The first-order chi connectivity index (χ1) is 65.7. The summed E-state index contributed by atoms with van der Waals surface area (Å²) in [6.45, 7) is 23.9. The van der Waals surface area contributed by atoms with Crippen molar-refractivity contribution in [1.82, 2.24) is 39.1 Å². The molecule has 4 aromatic heterocycles. The van der Waals surface area contributed by atoms with E-state index in [9.17, 15) is 38.4 Å². The van der Waals surface area contributed by atoms with Crippen molar-refractivity contribution in [3.63, 3.8) is 0 Å². The number of amides is 4. The fraction of sp³-hybridized carbons (Fsp3) is 0.207. The molecule has 136 heavy (non-hydrogen) atoms. The van der Waals surface area contributed by atoms with E-state index >= 15 is 0 Å². The predicted molar refractivity (Wildman–Crippen MR) is 534 cm³/mol. The lowest BCUT2D eigenvalue weighted by Crippen LogP contribution is -2.36. The molecule has 0 fully saturated rings. The highest BCUT2D eigenvalue weighted by Crippen LogP contribution is 2.51. The summed E-state index contributed by atoms with van der Waals surface area (Å²) in [5.41, 5.74) is 26.0. The molecule has 680 valence electrons. The molecule has 20 rings (SSSR count). The maximum atomic E-state index is 13.5. The minimum absolute atomic E-state index is 0.0301. The van der Waals surface area contributed by atoms with Gasteiger partial charge in [-0.25, -0.2) is 18.7 Å². The van der Waals surface area contributed by atoms with Crippen LogP contribution in [0.3, 0.4) is 0 Å². The average molecular weight is 1800 g/mol. The van der Waals surface area contributed by atoms with Gasteiger partial charge in [0.2, 0.25) is 23.6 Å². The Morgan fingerprint density at radius 2 is 0.412 bits per heavy atom. The molecule has 0 bridgehead atoms. The lowest BCUT2D eigenvalue weighted by Gasteiger charge is -2.32. The molecular formula is C116H108N12O8. The van der Waals surface area contributed by atoms with Gasteiger partial charge in [-0.1, -0.05) is 287 Å². The molecule has 0 radical (unpaired) electrons. The van der Waals surface area contributed by atoms with Crippen LogP contribution >= 0.6 is 0 Å². The van der Waals surface area contributed by atoms with Gasteiger partial charge in [-0.15, -0.1) is 0 Å². The molecule has 4 aliphatic rings. The standard InChI is InChI=1S/4C29H27N3O2/c4*1-18-12-14-21(15-13-18)27-24(17-25(33)22-9-7-8-19(2)16-22)29(34)30-28-26(27)20(3)31-32(28)23-10-5-4-6-11-23/h4*4-16,24,27H,17H2,1-3H3,(H,30,34)/t2*24-,27+;2*24-,27-/m1010/s1. The summed E-state index contributed by atoms with van der Waals surface area (Å²) in [6, 6.07) is 102. The Hall–Kier alpha value is -16.0. The molecular weight excluding hydrogens is 1690 g/mol. The van der Waals surface area contributed by atoms with E-state index in [1.165, 1.54) is 0 Å². The molecule has 16 aromatic rings. The van der Waals surface area contributed by atoms with Crippen LogP contribution in [-0.4, -0.2) is 85.9 Å². The number of fused-ring (bicyclic) bond motifs is 4. The summed E-state index contributed by atoms with van der Waals surface area (Å²) in [4.78, 5) is 107. The van der Waals surface area contributed by atoms with Crippen LogP contribution in [0.25, 0.3) is 22.7 Å². The Morgan fingerprint density at radius 1 is 0.228 bits per heavy atom. The topological polar surface area (TPSA) is 256 Å². The molecule has 0 saturated heterocycles. The summed E-state index contributed by atoms with van der Waals surface area (Å²) in [6.07, 6.45) is 0.513. The van der Waals surface area contributed by atoms with E-state index < -0.39 is 23.7 Å². The molecule has 0 spiro atoms. The monoisotopic (exact) mass is 1800 g/mol. The molecule has 0 saturated carbocycles. The Balaban J connectivity index is 0.000000126. The predicted octanol–water partition coefficient (Wildman–Crippen LogP) is 23.1. The summed E-state index contributed by atoms with van der Waals surface area (Å²) >= 11 is 0. The first-order valence-corrected chi connectivity index (χ1v) is 46.2. The van der Waals surface area contributed by atoms with Crippen LogP contribution < -0.4 is 21.3 Å². The van der Waals surface area contributed by atoms with Gasteiger partial charge >= 0.3 is 0 Å². The number of ketones is 4. The van der Waals surface area contributed by atoms with Gasteiger partial charge in [-0.05, 0) is 178 Å². The van der Waals surface area contributed by atoms with Crippen LogP contribution in [-0.2, 0) is 19.2 Å². The zero-order chi connectivity index (χ0) is 95.3. The number of carbonyl (C=O) groups excluding carboxylic acids is 8. The van der Waals surface area contributed by atoms with Gasteiger partial charge in [0.15, 0.2) is 23.1 Å². The molecule has 8 atom stereocenters.